The normalized spacial score (nSPS) is 19.0. The summed E-state index contributed by atoms with van der Waals surface area (Å²) in [7, 11) is 0. The Bertz CT molecular complexity index is 1040. The summed E-state index contributed by atoms with van der Waals surface area (Å²) in [6.45, 7) is 4.38. The molecule has 1 aliphatic heterocycles. The highest BCUT2D eigenvalue weighted by atomic mass is 32.2. The van der Waals surface area contributed by atoms with Gasteiger partial charge in [0, 0.05) is 24.8 Å². The van der Waals surface area contributed by atoms with Crippen molar-refractivity contribution in [2.24, 2.45) is 0 Å². The summed E-state index contributed by atoms with van der Waals surface area (Å²) in [5.74, 6) is -0.712. The Morgan fingerprint density at radius 2 is 1.74 bits per heavy atom. The van der Waals surface area contributed by atoms with Crippen LogP contribution >= 0.6 is 11.8 Å². The number of carboxylic acids is 1. The van der Waals surface area contributed by atoms with Crippen LogP contribution in [0.1, 0.15) is 43.7 Å². The van der Waals surface area contributed by atoms with Gasteiger partial charge in [0.15, 0.2) is 0 Å². The van der Waals surface area contributed by atoms with Crippen LogP contribution in [0.3, 0.4) is 0 Å². The topological polar surface area (TPSA) is 95.9 Å². The largest absolute Gasteiger partial charge is 0.480 e. The van der Waals surface area contributed by atoms with E-state index in [1.54, 1.807) is 11.8 Å². The van der Waals surface area contributed by atoms with Gasteiger partial charge in [-0.15, -0.1) is 11.8 Å². The first-order valence-corrected chi connectivity index (χ1v) is 12.7. The molecule has 0 radical (unpaired) electrons. The highest BCUT2D eigenvalue weighted by Gasteiger charge is 2.41. The summed E-state index contributed by atoms with van der Waals surface area (Å²) >= 11 is 1.34. The fourth-order valence-corrected chi connectivity index (χ4v) is 5.95. The summed E-state index contributed by atoms with van der Waals surface area (Å²) in [4.78, 5) is 39.2. The maximum atomic E-state index is 13.4. The smallest absolute Gasteiger partial charge is 0.408 e. The van der Waals surface area contributed by atoms with Crippen molar-refractivity contribution in [2.75, 3.05) is 25.4 Å². The number of thioether (sulfide) groups is 1. The summed E-state index contributed by atoms with van der Waals surface area (Å²) in [5.41, 5.74) is 3.37. The number of hydrogen-bond donors (Lipinski definition) is 2. The third kappa shape index (κ3) is 4.78. The van der Waals surface area contributed by atoms with Crippen molar-refractivity contribution in [3.8, 4) is 11.1 Å². The van der Waals surface area contributed by atoms with Gasteiger partial charge in [-0.2, -0.15) is 0 Å². The van der Waals surface area contributed by atoms with Crippen molar-refractivity contribution in [3.05, 3.63) is 59.7 Å². The quantitative estimate of drug-likeness (QED) is 0.617. The molecule has 0 spiro atoms. The molecule has 34 heavy (non-hydrogen) atoms. The molecular formula is C26H30N2O5S. The van der Waals surface area contributed by atoms with Crippen LogP contribution in [0.4, 0.5) is 4.79 Å². The van der Waals surface area contributed by atoms with Crippen LogP contribution in [0.15, 0.2) is 48.5 Å². The zero-order valence-electron chi connectivity index (χ0n) is 19.5. The molecule has 0 aromatic heterocycles. The number of ether oxygens (including phenoxy) is 1. The van der Waals surface area contributed by atoms with E-state index in [9.17, 15) is 19.5 Å². The first-order chi connectivity index (χ1) is 16.3. The van der Waals surface area contributed by atoms with E-state index in [2.05, 4.69) is 29.6 Å². The number of hydrogen-bond acceptors (Lipinski definition) is 5. The number of alkyl carbamates (subject to hydrolysis) is 1. The molecule has 2 aromatic rings. The first kappa shape index (κ1) is 24.1. The van der Waals surface area contributed by atoms with Gasteiger partial charge < -0.3 is 20.1 Å². The molecule has 2 amide bonds. The summed E-state index contributed by atoms with van der Waals surface area (Å²) < 4.78 is 5.66. The highest BCUT2D eigenvalue weighted by molar-refractivity contribution is 8.00. The van der Waals surface area contributed by atoms with Gasteiger partial charge in [-0.3, -0.25) is 9.59 Å². The molecule has 2 atom stereocenters. The van der Waals surface area contributed by atoms with Crippen LogP contribution in [0.2, 0.25) is 0 Å². The SMILES string of the molecule is CCCC(C)(NC(=O)OCC1c2ccccc2-c2ccccc21)C(=O)N1CCSC(C(=O)O)C1. The molecular weight excluding hydrogens is 452 g/mol. The fraction of sp³-hybridized carbons (Fsp3) is 0.423. The fourth-order valence-electron chi connectivity index (χ4n) is 4.91. The van der Waals surface area contributed by atoms with Crippen molar-refractivity contribution < 1.29 is 24.2 Å². The van der Waals surface area contributed by atoms with E-state index in [0.29, 0.717) is 25.1 Å². The number of carbonyl (C=O) groups is 3. The van der Waals surface area contributed by atoms with Crippen molar-refractivity contribution in [3.63, 3.8) is 0 Å². The van der Waals surface area contributed by atoms with Crippen molar-refractivity contribution in [2.45, 2.75) is 43.4 Å². The van der Waals surface area contributed by atoms with E-state index in [-0.39, 0.29) is 25.0 Å². The number of nitrogens with one attached hydrogen (secondary N) is 1. The predicted molar refractivity (Wildman–Crippen MR) is 132 cm³/mol. The van der Waals surface area contributed by atoms with Crippen molar-refractivity contribution in [1.82, 2.24) is 10.2 Å². The van der Waals surface area contributed by atoms with Crippen LogP contribution in [-0.4, -0.2) is 64.2 Å². The zero-order chi connectivity index (χ0) is 24.3. The molecule has 7 nitrogen and oxygen atoms in total. The van der Waals surface area contributed by atoms with Gasteiger partial charge in [-0.25, -0.2) is 4.79 Å². The standard InChI is InChI=1S/C26H30N2O5S/c1-3-12-26(2,24(31)28-13-14-34-22(15-28)23(29)30)27-25(32)33-16-21-19-10-6-4-8-17(19)18-9-5-7-11-20(18)21/h4-11,21-22H,3,12-16H2,1-2H3,(H,27,32)(H,29,30). The molecule has 4 rings (SSSR count). The Morgan fingerprint density at radius 1 is 1.12 bits per heavy atom. The van der Waals surface area contributed by atoms with Gasteiger partial charge in [0.25, 0.3) is 0 Å². The Morgan fingerprint density at radius 3 is 2.32 bits per heavy atom. The van der Waals surface area contributed by atoms with E-state index in [0.717, 1.165) is 22.3 Å². The van der Waals surface area contributed by atoms with E-state index in [1.807, 2.05) is 31.2 Å². The maximum absolute atomic E-state index is 13.4. The van der Waals surface area contributed by atoms with Crippen LogP contribution in [0.25, 0.3) is 11.1 Å². The van der Waals surface area contributed by atoms with Gasteiger partial charge in [0.2, 0.25) is 5.91 Å². The van der Waals surface area contributed by atoms with E-state index < -0.39 is 22.9 Å². The summed E-state index contributed by atoms with van der Waals surface area (Å²) in [6, 6.07) is 16.2. The molecule has 8 heteroatoms. The van der Waals surface area contributed by atoms with Gasteiger partial charge in [0.05, 0.1) is 0 Å². The number of carbonyl (C=O) groups excluding carboxylic acids is 2. The van der Waals surface area contributed by atoms with Crippen LogP contribution in [-0.2, 0) is 14.3 Å². The Balaban J connectivity index is 1.44. The Labute approximate surface area is 203 Å². The molecule has 1 heterocycles. The van der Waals surface area contributed by atoms with Gasteiger partial charge >= 0.3 is 12.1 Å². The molecule has 1 aliphatic carbocycles. The van der Waals surface area contributed by atoms with Crippen molar-refractivity contribution in [1.29, 1.82) is 0 Å². The number of aliphatic carboxylic acids is 1. The zero-order valence-corrected chi connectivity index (χ0v) is 20.3. The minimum absolute atomic E-state index is 0.0678. The summed E-state index contributed by atoms with van der Waals surface area (Å²) in [5, 5.41) is 11.5. The van der Waals surface area contributed by atoms with Crippen LogP contribution in [0.5, 0.6) is 0 Å². The Kier molecular flexibility index (Phi) is 7.16. The monoisotopic (exact) mass is 482 g/mol. The lowest BCUT2D eigenvalue weighted by atomic mass is 9.94. The Hall–Kier alpha value is -3.00. The molecule has 2 aromatic carbocycles. The van der Waals surface area contributed by atoms with E-state index >= 15 is 0 Å². The third-order valence-electron chi connectivity index (χ3n) is 6.57. The lowest BCUT2D eigenvalue weighted by Gasteiger charge is -2.38. The lowest BCUT2D eigenvalue weighted by Crippen LogP contribution is -2.60. The maximum Gasteiger partial charge on any atom is 0.408 e. The highest BCUT2D eigenvalue weighted by Crippen LogP contribution is 2.44. The molecule has 180 valence electrons. The number of fused-ring (bicyclic) bond motifs is 3. The molecule has 0 saturated carbocycles. The minimum Gasteiger partial charge on any atom is -0.480 e. The third-order valence-corrected chi connectivity index (χ3v) is 7.74. The van der Waals surface area contributed by atoms with Gasteiger partial charge in [-0.1, -0.05) is 61.9 Å². The van der Waals surface area contributed by atoms with E-state index in [1.165, 1.54) is 11.8 Å². The predicted octanol–water partition coefficient (Wildman–Crippen LogP) is 4.11. The second-order valence-electron chi connectivity index (χ2n) is 8.98. The average Bonchev–Trinajstić information content (AvgIpc) is 3.16. The van der Waals surface area contributed by atoms with Gasteiger partial charge in [-0.05, 0) is 35.6 Å². The molecule has 2 N–H and O–H groups in total. The minimum atomic E-state index is -1.16. The van der Waals surface area contributed by atoms with E-state index in [4.69, 9.17) is 4.74 Å². The second-order valence-corrected chi connectivity index (χ2v) is 10.3. The first-order valence-electron chi connectivity index (χ1n) is 11.6. The lowest BCUT2D eigenvalue weighted by molar-refractivity contribution is -0.140. The molecule has 2 aliphatic rings. The molecule has 1 fully saturated rings. The number of carboxylic acid groups (broad SMARTS) is 1. The van der Waals surface area contributed by atoms with Crippen molar-refractivity contribution >= 4 is 29.7 Å². The second kappa shape index (κ2) is 10.1. The average molecular weight is 483 g/mol. The number of nitrogens with zero attached hydrogens (tertiary/aromatic N) is 1. The summed E-state index contributed by atoms with van der Waals surface area (Å²) in [6.07, 6.45) is 0.459. The van der Waals surface area contributed by atoms with Gasteiger partial charge in [0.1, 0.15) is 17.4 Å². The molecule has 2 unspecified atom stereocenters. The molecule has 1 saturated heterocycles. The number of benzene rings is 2. The molecule has 0 bridgehead atoms. The van der Waals surface area contributed by atoms with Crippen LogP contribution in [0, 0.1) is 0 Å². The number of amides is 2. The number of rotatable bonds is 7. The van der Waals surface area contributed by atoms with Crippen LogP contribution < -0.4 is 5.32 Å².